The minimum Gasteiger partial charge on any atom is -0.396 e. The van der Waals surface area contributed by atoms with Crippen LogP contribution in [-0.2, 0) is 0 Å². The third-order valence-electron chi connectivity index (χ3n) is 4.58. The van der Waals surface area contributed by atoms with Crippen molar-refractivity contribution in [1.82, 2.24) is 0 Å². The first kappa shape index (κ1) is 13.9. The average molecular weight is 230 g/mol. The summed E-state index contributed by atoms with van der Waals surface area (Å²) in [6, 6.07) is 0. The third-order valence-corrected chi connectivity index (χ3v) is 4.58. The van der Waals surface area contributed by atoms with E-state index in [1.807, 2.05) is 0 Å². The molecule has 0 saturated heterocycles. The van der Waals surface area contributed by atoms with Gasteiger partial charge in [0, 0.05) is 25.7 Å². The molecule has 0 amide bonds. The van der Waals surface area contributed by atoms with Crippen LogP contribution in [0.25, 0.3) is 0 Å². The predicted octanol–water partition coefficient (Wildman–Crippen LogP) is 1.41. The fraction of sp³-hybridized carbons (Fsp3) is 1.00. The highest BCUT2D eigenvalue weighted by molar-refractivity contribution is 4.85. The van der Waals surface area contributed by atoms with Crippen LogP contribution in [0.3, 0.4) is 0 Å². The summed E-state index contributed by atoms with van der Waals surface area (Å²) in [6.45, 7) is 4.70. The van der Waals surface area contributed by atoms with Gasteiger partial charge in [0.25, 0.3) is 0 Å². The summed E-state index contributed by atoms with van der Waals surface area (Å²) in [6.07, 6.45) is 4.33. The van der Waals surface area contributed by atoms with Gasteiger partial charge in [-0.05, 0) is 42.9 Å². The molecule has 1 atom stereocenters. The molecule has 0 spiro atoms. The van der Waals surface area contributed by atoms with Crippen LogP contribution in [0.1, 0.15) is 39.5 Å². The van der Waals surface area contributed by atoms with Gasteiger partial charge in [0.05, 0.1) is 0 Å². The van der Waals surface area contributed by atoms with Gasteiger partial charge >= 0.3 is 0 Å². The van der Waals surface area contributed by atoms with Crippen molar-refractivity contribution in [2.45, 2.75) is 39.5 Å². The zero-order chi connectivity index (χ0) is 12.2. The standard InChI is InChI=1S/C13H26O3/c1-10(12(7-14)8-15)11-3-5-13(2,9-16)6-4-11/h10-12,14-16H,3-9H2,1-2H3. The van der Waals surface area contributed by atoms with Crippen LogP contribution in [0.15, 0.2) is 0 Å². The van der Waals surface area contributed by atoms with Crippen molar-refractivity contribution in [3.8, 4) is 0 Å². The maximum absolute atomic E-state index is 9.30. The summed E-state index contributed by atoms with van der Waals surface area (Å²) in [7, 11) is 0. The summed E-state index contributed by atoms with van der Waals surface area (Å²) in [5, 5.41) is 27.6. The largest absolute Gasteiger partial charge is 0.396 e. The van der Waals surface area contributed by atoms with Gasteiger partial charge < -0.3 is 15.3 Å². The molecule has 3 nitrogen and oxygen atoms in total. The maximum Gasteiger partial charge on any atom is 0.0484 e. The van der Waals surface area contributed by atoms with Crippen molar-refractivity contribution < 1.29 is 15.3 Å². The van der Waals surface area contributed by atoms with Crippen LogP contribution < -0.4 is 0 Å². The zero-order valence-corrected chi connectivity index (χ0v) is 10.5. The highest BCUT2D eigenvalue weighted by atomic mass is 16.3. The average Bonchev–Trinajstić information content (AvgIpc) is 2.31. The second-order valence-electron chi connectivity index (χ2n) is 5.79. The van der Waals surface area contributed by atoms with Crippen molar-refractivity contribution in [2.75, 3.05) is 19.8 Å². The molecule has 0 aliphatic heterocycles. The van der Waals surface area contributed by atoms with Gasteiger partial charge in [-0.15, -0.1) is 0 Å². The normalized spacial score (nSPS) is 33.0. The van der Waals surface area contributed by atoms with Crippen LogP contribution in [0, 0.1) is 23.2 Å². The van der Waals surface area contributed by atoms with E-state index in [-0.39, 0.29) is 31.2 Å². The molecule has 0 aromatic heterocycles. The van der Waals surface area contributed by atoms with Gasteiger partial charge in [-0.3, -0.25) is 0 Å². The molecular formula is C13H26O3. The Morgan fingerprint density at radius 1 is 1.12 bits per heavy atom. The number of rotatable bonds is 5. The van der Waals surface area contributed by atoms with Crippen LogP contribution in [0.2, 0.25) is 0 Å². The smallest absolute Gasteiger partial charge is 0.0484 e. The minimum absolute atomic E-state index is 0.0171. The molecule has 3 N–H and O–H groups in total. The highest BCUT2D eigenvalue weighted by Gasteiger charge is 2.34. The van der Waals surface area contributed by atoms with E-state index >= 15 is 0 Å². The van der Waals surface area contributed by atoms with Gasteiger partial charge in [0.15, 0.2) is 0 Å². The van der Waals surface area contributed by atoms with Crippen molar-refractivity contribution in [2.24, 2.45) is 23.2 Å². The second-order valence-corrected chi connectivity index (χ2v) is 5.79. The molecule has 1 unspecified atom stereocenters. The predicted molar refractivity (Wildman–Crippen MR) is 64.0 cm³/mol. The van der Waals surface area contributed by atoms with E-state index in [1.54, 1.807) is 0 Å². The van der Waals surface area contributed by atoms with Crippen molar-refractivity contribution in [3.63, 3.8) is 0 Å². The Morgan fingerprint density at radius 2 is 1.62 bits per heavy atom. The van der Waals surface area contributed by atoms with Crippen molar-refractivity contribution >= 4 is 0 Å². The number of hydrogen-bond acceptors (Lipinski definition) is 3. The Hall–Kier alpha value is -0.120. The fourth-order valence-electron chi connectivity index (χ4n) is 2.80. The minimum atomic E-state index is 0.0171. The molecule has 1 saturated carbocycles. The summed E-state index contributed by atoms with van der Waals surface area (Å²) in [5.74, 6) is 0.977. The van der Waals surface area contributed by atoms with Crippen LogP contribution in [0.5, 0.6) is 0 Å². The van der Waals surface area contributed by atoms with E-state index in [9.17, 15) is 15.3 Å². The topological polar surface area (TPSA) is 60.7 Å². The summed E-state index contributed by atoms with van der Waals surface area (Å²) < 4.78 is 0. The first-order valence-electron chi connectivity index (χ1n) is 6.39. The Bertz CT molecular complexity index is 193. The molecular weight excluding hydrogens is 204 g/mol. The van der Waals surface area contributed by atoms with E-state index in [4.69, 9.17) is 0 Å². The first-order valence-corrected chi connectivity index (χ1v) is 6.39. The molecule has 0 bridgehead atoms. The van der Waals surface area contributed by atoms with Crippen LogP contribution in [0.4, 0.5) is 0 Å². The summed E-state index contributed by atoms with van der Waals surface area (Å²) in [4.78, 5) is 0. The van der Waals surface area contributed by atoms with E-state index in [0.29, 0.717) is 11.8 Å². The van der Waals surface area contributed by atoms with Gasteiger partial charge in [-0.25, -0.2) is 0 Å². The Balaban J connectivity index is 2.46. The molecule has 0 heterocycles. The SMILES string of the molecule is CC(C(CO)CO)C1CCC(C)(CO)CC1. The molecule has 1 aliphatic carbocycles. The van der Waals surface area contributed by atoms with E-state index < -0.39 is 0 Å². The monoisotopic (exact) mass is 230 g/mol. The lowest BCUT2D eigenvalue weighted by atomic mass is 9.67. The molecule has 16 heavy (non-hydrogen) atoms. The second kappa shape index (κ2) is 5.99. The first-order chi connectivity index (χ1) is 7.56. The van der Waals surface area contributed by atoms with E-state index in [2.05, 4.69) is 13.8 Å². The number of aliphatic hydroxyl groups excluding tert-OH is 3. The number of aliphatic hydroxyl groups is 3. The fourth-order valence-corrected chi connectivity index (χ4v) is 2.80. The molecule has 0 radical (unpaired) electrons. The third kappa shape index (κ3) is 3.19. The highest BCUT2D eigenvalue weighted by Crippen LogP contribution is 2.42. The van der Waals surface area contributed by atoms with Gasteiger partial charge in [-0.1, -0.05) is 13.8 Å². The molecule has 96 valence electrons. The Morgan fingerprint density at radius 3 is 2.00 bits per heavy atom. The molecule has 0 aromatic carbocycles. The molecule has 1 fully saturated rings. The van der Waals surface area contributed by atoms with Crippen LogP contribution >= 0.6 is 0 Å². The summed E-state index contributed by atoms with van der Waals surface area (Å²) in [5.41, 5.74) is 0.101. The lowest BCUT2D eigenvalue weighted by molar-refractivity contribution is 0.0341. The van der Waals surface area contributed by atoms with Gasteiger partial charge in [-0.2, -0.15) is 0 Å². The quantitative estimate of drug-likeness (QED) is 0.669. The molecule has 1 aliphatic rings. The Labute approximate surface area is 98.5 Å². The molecule has 1 rings (SSSR count). The van der Waals surface area contributed by atoms with Crippen LogP contribution in [-0.4, -0.2) is 35.1 Å². The van der Waals surface area contributed by atoms with Gasteiger partial charge in [0.1, 0.15) is 0 Å². The number of hydrogen-bond donors (Lipinski definition) is 3. The zero-order valence-electron chi connectivity index (χ0n) is 10.5. The molecule has 0 aromatic rings. The Kier molecular flexibility index (Phi) is 5.22. The molecule has 3 heteroatoms. The van der Waals surface area contributed by atoms with Crippen molar-refractivity contribution in [1.29, 1.82) is 0 Å². The van der Waals surface area contributed by atoms with E-state index in [0.717, 1.165) is 25.7 Å². The summed E-state index contributed by atoms with van der Waals surface area (Å²) >= 11 is 0. The van der Waals surface area contributed by atoms with Gasteiger partial charge in [0.2, 0.25) is 0 Å². The lowest BCUT2D eigenvalue weighted by Crippen LogP contribution is -2.34. The van der Waals surface area contributed by atoms with E-state index in [1.165, 1.54) is 0 Å². The maximum atomic E-state index is 9.30. The van der Waals surface area contributed by atoms with Crippen molar-refractivity contribution in [3.05, 3.63) is 0 Å². The lowest BCUT2D eigenvalue weighted by Gasteiger charge is -2.39.